The van der Waals surface area contributed by atoms with Crippen LogP contribution < -0.4 is 10.1 Å². The maximum atomic E-state index is 12.5. The molecule has 2 heterocycles. The molecule has 3 aromatic rings. The predicted molar refractivity (Wildman–Crippen MR) is 117 cm³/mol. The number of pyridine rings is 1. The Labute approximate surface area is 178 Å². The van der Waals surface area contributed by atoms with Crippen molar-refractivity contribution in [1.29, 1.82) is 0 Å². The number of amides is 1. The van der Waals surface area contributed by atoms with Crippen molar-refractivity contribution in [2.24, 2.45) is 5.92 Å². The second-order valence-corrected chi connectivity index (χ2v) is 7.94. The van der Waals surface area contributed by atoms with E-state index in [2.05, 4.69) is 29.2 Å². The number of benzene rings is 1. The molecule has 0 spiro atoms. The van der Waals surface area contributed by atoms with Crippen molar-refractivity contribution in [2.45, 2.75) is 53.8 Å². The van der Waals surface area contributed by atoms with Gasteiger partial charge in [-0.1, -0.05) is 32.0 Å². The molecule has 0 aliphatic carbocycles. The quantitative estimate of drug-likeness (QED) is 0.583. The van der Waals surface area contributed by atoms with Gasteiger partial charge in [0, 0.05) is 30.5 Å². The van der Waals surface area contributed by atoms with Crippen LogP contribution in [0.2, 0.25) is 0 Å². The van der Waals surface area contributed by atoms with Gasteiger partial charge in [-0.3, -0.25) is 14.5 Å². The van der Waals surface area contributed by atoms with Crippen molar-refractivity contribution < 1.29 is 9.53 Å². The zero-order valence-corrected chi connectivity index (χ0v) is 18.2. The maximum absolute atomic E-state index is 12.5. The summed E-state index contributed by atoms with van der Waals surface area (Å²) in [5, 5.41) is 7.60. The van der Waals surface area contributed by atoms with Gasteiger partial charge >= 0.3 is 0 Å². The first kappa shape index (κ1) is 21.6. The van der Waals surface area contributed by atoms with Gasteiger partial charge in [-0.05, 0) is 49.6 Å². The highest BCUT2D eigenvalue weighted by Crippen LogP contribution is 2.17. The third-order valence-corrected chi connectivity index (χ3v) is 4.91. The Morgan fingerprint density at radius 3 is 2.73 bits per heavy atom. The Morgan fingerprint density at radius 1 is 1.17 bits per heavy atom. The first-order valence-electron chi connectivity index (χ1n) is 10.3. The van der Waals surface area contributed by atoms with Gasteiger partial charge in [0.2, 0.25) is 5.91 Å². The van der Waals surface area contributed by atoms with Gasteiger partial charge < -0.3 is 10.1 Å². The lowest BCUT2D eigenvalue weighted by molar-refractivity contribution is -0.120. The summed E-state index contributed by atoms with van der Waals surface area (Å²) in [4.78, 5) is 16.8. The lowest BCUT2D eigenvalue weighted by atomic mass is 10.1. The van der Waals surface area contributed by atoms with Crippen molar-refractivity contribution in [3.05, 3.63) is 76.9 Å². The molecule has 1 N–H and O–H groups in total. The Hall–Kier alpha value is -3.15. The zero-order chi connectivity index (χ0) is 21.5. The first-order valence-corrected chi connectivity index (χ1v) is 10.3. The average molecular weight is 407 g/mol. The third kappa shape index (κ3) is 5.92. The van der Waals surface area contributed by atoms with Gasteiger partial charge in [0.15, 0.2) is 0 Å². The Morgan fingerprint density at radius 2 is 2.00 bits per heavy atom. The fourth-order valence-corrected chi connectivity index (χ4v) is 3.32. The van der Waals surface area contributed by atoms with Crippen LogP contribution >= 0.6 is 0 Å². The van der Waals surface area contributed by atoms with Crippen molar-refractivity contribution in [3.63, 3.8) is 0 Å². The van der Waals surface area contributed by atoms with Crippen LogP contribution in [0, 0.1) is 19.8 Å². The van der Waals surface area contributed by atoms with Gasteiger partial charge in [0.1, 0.15) is 12.4 Å². The number of ether oxygens (including phenoxy) is 1. The van der Waals surface area contributed by atoms with E-state index in [9.17, 15) is 4.79 Å². The summed E-state index contributed by atoms with van der Waals surface area (Å²) >= 11 is 0. The van der Waals surface area contributed by atoms with Crippen molar-refractivity contribution in [2.75, 3.05) is 0 Å². The Bertz CT molecular complexity index is 980. The van der Waals surface area contributed by atoms with E-state index in [-0.39, 0.29) is 5.91 Å². The summed E-state index contributed by atoms with van der Waals surface area (Å²) in [6, 6.07) is 13.5. The molecule has 0 radical (unpaired) electrons. The fraction of sp³-hybridized carbons (Fsp3) is 0.375. The van der Waals surface area contributed by atoms with Crippen LogP contribution in [0.25, 0.3) is 0 Å². The van der Waals surface area contributed by atoms with E-state index in [0.29, 0.717) is 25.5 Å². The number of nitrogens with zero attached hydrogens (tertiary/aromatic N) is 3. The minimum Gasteiger partial charge on any atom is -0.487 e. The molecule has 3 rings (SSSR count). The van der Waals surface area contributed by atoms with E-state index in [1.165, 1.54) is 0 Å². The molecule has 6 heteroatoms. The van der Waals surface area contributed by atoms with E-state index in [4.69, 9.17) is 4.74 Å². The van der Waals surface area contributed by atoms with E-state index in [1.54, 1.807) is 6.20 Å². The van der Waals surface area contributed by atoms with Crippen LogP contribution in [-0.4, -0.2) is 20.7 Å². The molecule has 0 atom stereocenters. The van der Waals surface area contributed by atoms with Crippen LogP contribution in [0.15, 0.2) is 48.7 Å². The van der Waals surface area contributed by atoms with Crippen molar-refractivity contribution in [3.8, 4) is 5.75 Å². The summed E-state index contributed by atoms with van der Waals surface area (Å²) < 4.78 is 7.82. The van der Waals surface area contributed by atoms with Crippen LogP contribution in [0.1, 0.15) is 42.1 Å². The fourth-order valence-electron chi connectivity index (χ4n) is 3.32. The Balaban J connectivity index is 1.54. The predicted octanol–water partition coefficient (Wildman–Crippen LogP) is 3.99. The largest absolute Gasteiger partial charge is 0.487 e. The number of hydrogen-bond donors (Lipinski definition) is 1. The number of aryl methyl sites for hydroxylation is 1. The molecule has 1 amide bonds. The molecule has 0 saturated heterocycles. The van der Waals surface area contributed by atoms with Crippen molar-refractivity contribution in [1.82, 2.24) is 20.1 Å². The highest BCUT2D eigenvalue weighted by Gasteiger charge is 2.15. The van der Waals surface area contributed by atoms with Gasteiger partial charge in [-0.25, -0.2) is 0 Å². The molecule has 0 aliphatic rings. The van der Waals surface area contributed by atoms with E-state index < -0.39 is 0 Å². The van der Waals surface area contributed by atoms with Crippen LogP contribution in [0.5, 0.6) is 5.75 Å². The number of carbonyl (C=O) groups excluding carboxylic acids is 1. The number of aromatic nitrogens is 3. The molecular weight excluding hydrogens is 376 g/mol. The average Bonchev–Trinajstić information content (AvgIpc) is 2.98. The topological polar surface area (TPSA) is 69.0 Å². The summed E-state index contributed by atoms with van der Waals surface area (Å²) in [5.41, 5.74) is 4.88. The highest BCUT2D eigenvalue weighted by molar-refractivity contribution is 5.79. The molecule has 158 valence electrons. The number of hydrogen-bond acceptors (Lipinski definition) is 4. The molecular formula is C24H30N4O2. The summed E-state index contributed by atoms with van der Waals surface area (Å²) in [6.07, 6.45) is 2.09. The van der Waals surface area contributed by atoms with Gasteiger partial charge in [-0.2, -0.15) is 5.10 Å². The van der Waals surface area contributed by atoms with Gasteiger partial charge in [0.05, 0.1) is 17.8 Å². The lowest BCUT2D eigenvalue weighted by Crippen LogP contribution is -2.25. The van der Waals surface area contributed by atoms with Crippen LogP contribution in [0.3, 0.4) is 0 Å². The second-order valence-electron chi connectivity index (χ2n) is 7.94. The van der Waals surface area contributed by atoms with Gasteiger partial charge in [-0.15, -0.1) is 0 Å². The molecule has 6 nitrogen and oxygen atoms in total. The van der Waals surface area contributed by atoms with Crippen molar-refractivity contribution >= 4 is 5.91 Å². The van der Waals surface area contributed by atoms with Gasteiger partial charge in [0.25, 0.3) is 0 Å². The molecule has 0 unspecified atom stereocenters. The van der Waals surface area contributed by atoms with E-state index in [1.807, 2.05) is 61.0 Å². The monoisotopic (exact) mass is 406 g/mol. The molecule has 0 saturated carbocycles. The maximum Gasteiger partial charge on any atom is 0.224 e. The lowest BCUT2D eigenvalue weighted by Gasteiger charge is -2.10. The minimum atomic E-state index is -0.00916. The highest BCUT2D eigenvalue weighted by atomic mass is 16.5. The number of carbonyl (C=O) groups is 1. The summed E-state index contributed by atoms with van der Waals surface area (Å²) in [5.74, 6) is 1.26. The number of nitrogens with one attached hydrogen (secondary N) is 1. The zero-order valence-electron chi connectivity index (χ0n) is 18.2. The second kappa shape index (κ2) is 10.1. The van der Waals surface area contributed by atoms with E-state index >= 15 is 0 Å². The van der Waals surface area contributed by atoms with E-state index in [0.717, 1.165) is 40.5 Å². The normalized spacial score (nSPS) is 11.0. The van der Waals surface area contributed by atoms with Crippen LogP contribution in [0.4, 0.5) is 0 Å². The van der Waals surface area contributed by atoms with Crippen LogP contribution in [-0.2, 0) is 30.9 Å². The molecule has 0 fully saturated rings. The summed E-state index contributed by atoms with van der Waals surface area (Å²) in [6.45, 7) is 10.1. The SMILES string of the molecule is Cc1nn(CC(C)C)c(C)c1CC(=O)NCc1cccc(OCc2ccccn2)c1. The molecule has 0 aliphatic heterocycles. The molecule has 30 heavy (non-hydrogen) atoms. The first-order chi connectivity index (χ1) is 14.4. The minimum absolute atomic E-state index is 0.00916. The smallest absolute Gasteiger partial charge is 0.224 e. The third-order valence-electron chi connectivity index (χ3n) is 4.91. The Kier molecular flexibility index (Phi) is 7.22. The standard InChI is InChI=1S/C24H30N4O2/c1-17(2)15-28-19(4)23(18(3)27-28)13-24(29)26-14-20-8-7-10-22(12-20)30-16-21-9-5-6-11-25-21/h5-12,17H,13-16H2,1-4H3,(H,26,29). The molecule has 1 aromatic carbocycles. The molecule has 2 aromatic heterocycles. The number of rotatable bonds is 9. The summed E-state index contributed by atoms with van der Waals surface area (Å²) in [7, 11) is 0. The molecule has 0 bridgehead atoms.